The first-order valence-corrected chi connectivity index (χ1v) is 6.50. The van der Waals surface area contributed by atoms with Crippen LogP contribution in [0.3, 0.4) is 0 Å². The average molecular weight is 238 g/mol. The van der Waals surface area contributed by atoms with E-state index in [1.807, 2.05) is 6.92 Å². The van der Waals surface area contributed by atoms with Gasteiger partial charge in [0.05, 0.1) is 5.60 Å². The molecule has 98 valence electrons. The summed E-state index contributed by atoms with van der Waals surface area (Å²) in [6.07, 6.45) is 5.06. The highest BCUT2D eigenvalue weighted by atomic mass is 16.3. The number of aromatic nitrogens is 1. The number of aryl methyl sites for hydroxylation is 1. The van der Waals surface area contributed by atoms with Gasteiger partial charge in [0, 0.05) is 32.0 Å². The lowest BCUT2D eigenvalue weighted by Crippen LogP contribution is -2.38. The molecule has 2 N–H and O–H groups in total. The van der Waals surface area contributed by atoms with Gasteiger partial charge in [0.2, 0.25) is 0 Å². The zero-order chi connectivity index (χ0) is 12.9. The minimum atomic E-state index is -0.610. The van der Waals surface area contributed by atoms with Gasteiger partial charge in [-0.1, -0.05) is 13.8 Å². The lowest BCUT2D eigenvalue weighted by atomic mass is 9.94. The van der Waals surface area contributed by atoms with Crippen LogP contribution in [0.4, 0.5) is 0 Å². The van der Waals surface area contributed by atoms with Gasteiger partial charge in [0.15, 0.2) is 0 Å². The third kappa shape index (κ3) is 5.37. The highest BCUT2D eigenvalue weighted by Gasteiger charge is 2.20. The Balaban J connectivity index is 2.31. The van der Waals surface area contributed by atoms with Gasteiger partial charge in [0.1, 0.15) is 0 Å². The summed E-state index contributed by atoms with van der Waals surface area (Å²) in [4.78, 5) is 0. The Hall–Kier alpha value is -0.800. The monoisotopic (exact) mass is 238 g/mol. The zero-order valence-electron chi connectivity index (χ0n) is 11.5. The normalized spacial score (nSPS) is 15.2. The van der Waals surface area contributed by atoms with Crippen molar-refractivity contribution in [3.8, 4) is 0 Å². The van der Waals surface area contributed by atoms with E-state index in [0.717, 1.165) is 19.5 Å². The first-order valence-electron chi connectivity index (χ1n) is 6.50. The maximum absolute atomic E-state index is 10.1. The Morgan fingerprint density at radius 2 is 2.18 bits per heavy atom. The minimum absolute atomic E-state index is 0.521. The van der Waals surface area contributed by atoms with Gasteiger partial charge in [-0.25, -0.2) is 0 Å². The van der Waals surface area contributed by atoms with Gasteiger partial charge in [-0.3, -0.25) is 0 Å². The van der Waals surface area contributed by atoms with Crippen LogP contribution in [0.15, 0.2) is 18.5 Å². The van der Waals surface area contributed by atoms with Crippen LogP contribution in [0, 0.1) is 5.92 Å². The van der Waals surface area contributed by atoms with E-state index in [-0.39, 0.29) is 0 Å². The quantitative estimate of drug-likeness (QED) is 0.765. The van der Waals surface area contributed by atoms with E-state index in [4.69, 9.17) is 0 Å². The van der Waals surface area contributed by atoms with Gasteiger partial charge in [-0.15, -0.1) is 0 Å². The molecule has 0 aromatic carbocycles. The fourth-order valence-corrected chi connectivity index (χ4v) is 2.22. The molecule has 1 atom stereocenters. The molecule has 1 aromatic rings. The van der Waals surface area contributed by atoms with Crippen molar-refractivity contribution in [2.45, 2.75) is 52.8 Å². The van der Waals surface area contributed by atoms with Crippen molar-refractivity contribution in [1.29, 1.82) is 0 Å². The van der Waals surface area contributed by atoms with Crippen molar-refractivity contribution < 1.29 is 5.11 Å². The summed E-state index contributed by atoms with van der Waals surface area (Å²) in [6, 6.07) is 2.12. The molecule has 1 rings (SSSR count). The molecule has 0 aliphatic carbocycles. The SMILES string of the molecule is CCn1ccc(CNCC(C)(O)CC(C)C)c1. The fourth-order valence-electron chi connectivity index (χ4n) is 2.22. The number of hydrogen-bond donors (Lipinski definition) is 2. The smallest absolute Gasteiger partial charge is 0.0746 e. The molecule has 0 aliphatic heterocycles. The second-order valence-electron chi connectivity index (χ2n) is 5.55. The third-order valence-corrected chi connectivity index (χ3v) is 2.86. The second-order valence-corrected chi connectivity index (χ2v) is 5.55. The van der Waals surface area contributed by atoms with E-state index in [1.165, 1.54) is 5.56 Å². The van der Waals surface area contributed by atoms with Crippen LogP contribution in [-0.4, -0.2) is 21.8 Å². The van der Waals surface area contributed by atoms with Gasteiger partial charge in [-0.2, -0.15) is 0 Å². The van der Waals surface area contributed by atoms with E-state index < -0.39 is 5.60 Å². The molecule has 0 spiro atoms. The number of hydrogen-bond acceptors (Lipinski definition) is 2. The van der Waals surface area contributed by atoms with Crippen molar-refractivity contribution in [2.75, 3.05) is 6.54 Å². The Labute approximate surface area is 105 Å². The lowest BCUT2D eigenvalue weighted by Gasteiger charge is -2.25. The van der Waals surface area contributed by atoms with Crippen LogP contribution in [0.1, 0.15) is 39.7 Å². The summed E-state index contributed by atoms with van der Waals surface area (Å²) in [5.74, 6) is 0.521. The van der Waals surface area contributed by atoms with Crippen LogP contribution in [0.25, 0.3) is 0 Å². The van der Waals surface area contributed by atoms with Crippen molar-refractivity contribution in [3.63, 3.8) is 0 Å². The molecule has 0 radical (unpaired) electrons. The first-order chi connectivity index (χ1) is 7.93. The van der Waals surface area contributed by atoms with Crippen LogP contribution < -0.4 is 5.32 Å². The molecule has 1 heterocycles. The molecular weight excluding hydrogens is 212 g/mol. The Morgan fingerprint density at radius 1 is 1.47 bits per heavy atom. The zero-order valence-corrected chi connectivity index (χ0v) is 11.5. The highest BCUT2D eigenvalue weighted by molar-refractivity contribution is 5.09. The number of aliphatic hydroxyl groups is 1. The Kier molecular flexibility index (Phi) is 5.22. The molecule has 0 saturated heterocycles. The molecule has 0 amide bonds. The van der Waals surface area contributed by atoms with Crippen molar-refractivity contribution >= 4 is 0 Å². The highest BCUT2D eigenvalue weighted by Crippen LogP contribution is 2.15. The molecule has 0 aliphatic rings. The minimum Gasteiger partial charge on any atom is -0.389 e. The largest absolute Gasteiger partial charge is 0.389 e. The van der Waals surface area contributed by atoms with Crippen LogP contribution >= 0.6 is 0 Å². The maximum atomic E-state index is 10.1. The summed E-state index contributed by atoms with van der Waals surface area (Å²) in [5.41, 5.74) is 0.661. The van der Waals surface area contributed by atoms with E-state index in [1.54, 1.807) is 0 Å². The summed E-state index contributed by atoms with van der Waals surface area (Å²) in [7, 11) is 0. The second kappa shape index (κ2) is 6.22. The Bertz CT molecular complexity index is 329. The van der Waals surface area contributed by atoms with Gasteiger partial charge >= 0.3 is 0 Å². The third-order valence-electron chi connectivity index (χ3n) is 2.86. The number of nitrogens with zero attached hydrogens (tertiary/aromatic N) is 1. The molecule has 0 saturated carbocycles. The number of nitrogens with one attached hydrogen (secondary N) is 1. The molecule has 3 nitrogen and oxygen atoms in total. The number of rotatable bonds is 7. The van der Waals surface area contributed by atoms with Gasteiger partial charge in [0.25, 0.3) is 0 Å². The average Bonchev–Trinajstić information content (AvgIpc) is 2.63. The molecule has 0 fully saturated rings. The molecule has 3 heteroatoms. The molecule has 17 heavy (non-hydrogen) atoms. The van der Waals surface area contributed by atoms with Crippen molar-refractivity contribution in [1.82, 2.24) is 9.88 Å². The van der Waals surface area contributed by atoms with Gasteiger partial charge < -0.3 is 15.0 Å². The van der Waals surface area contributed by atoms with E-state index in [2.05, 4.69) is 49.1 Å². The first kappa shape index (κ1) is 14.3. The fraction of sp³-hybridized carbons (Fsp3) is 0.714. The Morgan fingerprint density at radius 3 is 2.71 bits per heavy atom. The van der Waals surface area contributed by atoms with E-state index in [0.29, 0.717) is 12.5 Å². The van der Waals surface area contributed by atoms with Crippen LogP contribution in [0.2, 0.25) is 0 Å². The summed E-state index contributed by atoms with van der Waals surface area (Å²) < 4.78 is 2.16. The maximum Gasteiger partial charge on any atom is 0.0746 e. The standard InChI is InChI=1S/C14H26N2O/c1-5-16-7-6-13(10-16)9-15-11-14(4,17)8-12(2)3/h6-7,10,12,15,17H,5,8-9,11H2,1-4H3. The molecule has 0 bridgehead atoms. The van der Waals surface area contributed by atoms with E-state index >= 15 is 0 Å². The van der Waals surface area contributed by atoms with Crippen molar-refractivity contribution in [2.24, 2.45) is 5.92 Å². The van der Waals surface area contributed by atoms with Crippen molar-refractivity contribution in [3.05, 3.63) is 24.0 Å². The molecular formula is C14H26N2O. The summed E-state index contributed by atoms with van der Waals surface area (Å²) >= 11 is 0. The molecule has 1 unspecified atom stereocenters. The summed E-state index contributed by atoms with van der Waals surface area (Å²) in [5, 5.41) is 13.5. The van der Waals surface area contributed by atoms with Crippen LogP contribution in [-0.2, 0) is 13.1 Å². The van der Waals surface area contributed by atoms with Gasteiger partial charge in [-0.05, 0) is 37.8 Å². The van der Waals surface area contributed by atoms with E-state index in [9.17, 15) is 5.11 Å². The summed E-state index contributed by atoms with van der Waals surface area (Å²) in [6.45, 7) is 10.8. The topological polar surface area (TPSA) is 37.2 Å². The predicted molar refractivity (Wildman–Crippen MR) is 71.9 cm³/mol. The molecule has 1 aromatic heterocycles. The lowest BCUT2D eigenvalue weighted by molar-refractivity contribution is 0.0383. The van der Waals surface area contributed by atoms with Crippen LogP contribution in [0.5, 0.6) is 0 Å². The predicted octanol–water partition coefficient (Wildman–Crippen LogP) is 2.39.